The Hall–Kier alpha value is -3.64. The van der Waals surface area contributed by atoms with Crippen LogP contribution in [-0.4, -0.2) is 27.3 Å². The van der Waals surface area contributed by atoms with Gasteiger partial charge in [0.1, 0.15) is 5.75 Å². The molecule has 0 aliphatic heterocycles. The Morgan fingerprint density at radius 2 is 1.75 bits per heavy atom. The van der Waals surface area contributed by atoms with Crippen molar-refractivity contribution >= 4 is 23.2 Å². The lowest BCUT2D eigenvalue weighted by atomic mass is 10.1. The molecule has 1 aromatic heterocycles. The van der Waals surface area contributed by atoms with Gasteiger partial charge in [0.05, 0.1) is 23.0 Å². The Morgan fingerprint density at radius 1 is 1.03 bits per heavy atom. The summed E-state index contributed by atoms with van der Waals surface area (Å²) in [5.41, 5.74) is 4.16. The molecular weight excluding hydrogens is 424 g/mol. The van der Waals surface area contributed by atoms with E-state index in [1.54, 1.807) is 10.7 Å². The maximum Gasteiger partial charge on any atom is 0.295 e. The third kappa shape index (κ3) is 4.50. The van der Waals surface area contributed by atoms with E-state index in [2.05, 4.69) is 15.4 Å². The first-order chi connectivity index (χ1) is 15.5. The Balaban J connectivity index is 1.75. The minimum atomic E-state index is -0.431. The maximum absolute atomic E-state index is 13.0. The quantitative estimate of drug-likeness (QED) is 0.403. The first-order valence-electron chi connectivity index (χ1n) is 10.3. The summed E-state index contributed by atoms with van der Waals surface area (Å²) in [6.07, 6.45) is 0. The van der Waals surface area contributed by atoms with Gasteiger partial charge >= 0.3 is 0 Å². The van der Waals surface area contributed by atoms with Gasteiger partial charge in [-0.2, -0.15) is 0 Å². The van der Waals surface area contributed by atoms with Crippen LogP contribution in [0.4, 0.5) is 5.69 Å². The van der Waals surface area contributed by atoms with Gasteiger partial charge < -0.3 is 10.1 Å². The number of benzene rings is 3. The first-order valence-corrected chi connectivity index (χ1v) is 10.7. The van der Waals surface area contributed by atoms with Crippen LogP contribution in [-0.2, 0) is 0 Å². The number of anilines is 1. The highest BCUT2D eigenvalue weighted by Gasteiger charge is 2.20. The van der Waals surface area contributed by atoms with Crippen LogP contribution < -0.4 is 10.1 Å². The summed E-state index contributed by atoms with van der Waals surface area (Å²) >= 11 is 6.27. The normalized spacial score (nSPS) is 10.8. The van der Waals surface area contributed by atoms with E-state index in [4.69, 9.17) is 16.3 Å². The van der Waals surface area contributed by atoms with Crippen molar-refractivity contribution in [1.29, 1.82) is 0 Å². The number of hydrogen-bond donors (Lipinski definition) is 1. The Morgan fingerprint density at radius 3 is 2.41 bits per heavy atom. The van der Waals surface area contributed by atoms with Crippen molar-refractivity contribution in [2.24, 2.45) is 0 Å². The van der Waals surface area contributed by atoms with Gasteiger partial charge in [0, 0.05) is 5.56 Å². The monoisotopic (exact) mass is 446 g/mol. The van der Waals surface area contributed by atoms with E-state index in [-0.39, 0.29) is 5.82 Å². The molecule has 4 rings (SSSR count). The number of carbonyl (C=O) groups is 1. The number of para-hydroxylation sites is 1. The van der Waals surface area contributed by atoms with Gasteiger partial charge in [-0.3, -0.25) is 4.79 Å². The molecule has 4 aromatic rings. The van der Waals surface area contributed by atoms with Crippen molar-refractivity contribution in [3.8, 4) is 22.8 Å². The fraction of sp³-hybridized carbons (Fsp3) is 0.160. The number of nitrogens with one attached hydrogen (secondary N) is 1. The zero-order valence-electron chi connectivity index (χ0n) is 18.1. The summed E-state index contributed by atoms with van der Waals surface area (Å²) in [7, 11) is 0. The second-order valence-electron chi connectivity index (χ2n) is 7.35. The van der Waals surface area contributed by atoms with E-state index in [1.807, 2.05) is 81.4 Å². The van der Waals surface area contributed by atoms with Crippen LogP contribution in [0, 0.1) is 13.8 Å². The van der Waals surface area contributed by atoms with Gasteiger partial charge in [-0.05, 0) is 56.7 Å². The van der Waals surface area contributed by atoms with Gasteiger partial charge in [0.15, 0.2) is 5.82 Å². The van der Waals surface area contributed by atoms with E-state index in [1.165, 1.54) is 0 Å². The predicted octanol–water partition coefficient (Wildman–Crippen LogP) is 5.86. The number of nitrogens with zero attached hydrogens (tertiary/aromatic N) is 3. The first kappa shape index (κ1) is 21.6. The highest BCUT2D eigenvalue weighted by molar-refractivity contribution is 6.34. The molecule has 0 saturated heterocycles. The van der Waals surface area contributed by atoms with Crippen molar-refractivity contribution in [1.82, 2.24) is 14.8 Å². The summed E-state index contributed by atoms with van der Waals surface area (Å²) in [5, 5.41) is 7.83. The highest BCUT2D eigenvalue weighted by Crippen LogP contribution is 2.27. The van der Waals surface area contributed by atoms with Crippen LogP contribution in [0.5, 0.6) is 5.75 Å². The Bertz CT molecular complexity index is 1230. The number of carbonyl (C=O) groups excluding carboxylic acids is 1. The minimum absolute atomic E-state index is 0.0498. The van der Waals surface area contributed by atoms with Gasteiger partial charge in [-0.15, -0.1) is 5.10 Å². The highest BCUT2D eigenvalue weighted by atomic mass is 35.5. The van der Waals surface area contributed by atoms with Crippen molar-refractivity contribution in [2.45, 2.75) is 20.8 Å². The number of halogens is 1. The second kappa shape index (κ2) is 9.24. The lowest BCUT2D eigenvalue weighted by Gasteiger charge is -2.08. The van der Waals surface area contributed by atoms with Gasteiger partial charge in [-0.25, -0.2) is 9.67 Å². The SMILES string of the molecule is CCOc1ccc(-n2nc(C(=O)Nc3c(C)cccc3Cl)nc2-c2ccc(C)cc2)cc1. The molecule has 0 aliphatic rings. The third-order valence-corrected chi connectivity index (χ3v) is 5.29. The average Bonchev–Trinajstić information content (AvgIpc) is 3.23. The van der Waals surface area contributed by atoms with E-state index < -0.39 is 5.91 Å². The molecule has 32 heavy (non-hydrogen) atoms. The van der Waals surface area contributed by atoms with Crippen LogP contribution in [0.25, 0.3) is 17.1 Å². The third-order valence-electron chi connectivity index (χ3n) is 4.97. The van der Waals surface area contributed by atoms with Crippen LogP contribution in [0.2, 0.25) is 5.02 Å². The van der Waals surface area contributed by atoms with E-state index >= 15 is 0 Å². The zero-order valence-corrected chi connectivity index (χ0v) is 18.8. The number of hydrogen-bond acceptors (Lipinski definition) is 4. The fourth-order valence-electron chi connectivity index (χ4n) is 3.29. The lowest BCUT2D eigenvalue weighted by molar-refractivity contribution is 0.101. The van der Waals surface area contributed by atoms with Crippen LogP contribution in [0.15, 0.2) is 66.7 Å². The molecule has 1 heterocycles. The summed E-state index contributed by atoms with van der Waals surface area (Å²) in [6, 6.07) is 20.9. The molecule has 0 atom stereocenters. The molecule has 0 spiro atoms. The molecule has 0 bridgehead atoms. The summed E-state index contributed by atoms with van der Waals surface area (Å²) < 4.78 is 7.20. The number of aromatic nitrogens is 3. The van der Waals surface area contributed by atoms with Crippen LogP contribution >= 0.6 is 11.6 Å². The molecule has 3 aromatic carbocycles. The van der Waals surface area contributed by atoms with Crippen LogP contribution in [0.1, 0.15) is 28.7 Å². The van der Waals surface area contributed by atoms with E-state index in [0.717, 1.165) is 28.1 Å². The molecule has 7 heteroatoms. The lowest BCUT2D eigenvalue weighted by Crippen LogP contribution is -2.15. The maximum atomic E-state index is 13.0. The largest absolute Gasteiger partial charge is 0.494 e. The van der Waals surface area contributed by atoms with Crippen LogP contribution in [0.3, 0.4) is 0 Å². The summed E-state index contributed by atoms with van der Waals surface area (Å²) in [6.45, 7) is 6.42. The minimum Gasteiger partial charge on any atom is -0.494 e. The molecule has 1 amide bonds. The van der Waals surface area contributed by atoms with Gasteiger partial charge in [0.2, 0.25) is 5.82 Å². The van der Waals surface area contributed by atoms with E-state index in [0.29, 0.717) is 23.1 Å². The van der Waals surface area contributed by atoms with Crippen molar-refractivity contribution in [3.63, 3.8) is 0 Å². The Kier molecular flexibility index (Phi) is 6.23. The average molecular weight is 447 g/mol. The number of amides is 1. The summed E-state index contributed by atoms with van der Waals surface area (Å²) in [5.74, 6) is 0.948. The Labute approximate surface area is 191 Å². The number of ether oxygens (including phenoxy) is 1. The molecule has 162 valence electrons. The molecule has 0 radical (unpaired) electrons. The van der Waals surface area contributed by atoms with E-state index in [9.17, 15) is 4.79 Å². The van der Waals surface area contributed by atoms with Gasteiger partial charge in [-0.1, -0.05) is 53.6 Å². The van der Waals surface area contributed by atoms with Crippen molar-refractivity contribution in [3.05, 3.63) is 88.7 Å². The second-order valence-corrected chi connectivity index (χ2v) is 7.76. The van der Waals surface area contributed by atoms with Gasteiger partial charge in [0.25, 0.3) is 5.91 Å². The molecule has 6 nitrogen and oxygen atoms in total. The molecule has 0 fully saturated rings. The standard InChI is InChI=1S/C25H23ClN4O2/c1-4-32-20-14-12-19(13-15-20)30-24(18-10-8-16(2)9-11-18)28-23(29-30)25(31)27-22-17(3)6-5-7-21(22)26/h5-15H,4H2,1-3H3,(H,27,31). The smallest absolute Gasteiger partial charge is 0.295 e. The number of aryl methyl sites for hydroxylation is 2. The zero-order chi connectivity index (χ0) is 22.7. The molecule has 0 unspecified atom stereocenters. The predicted molar refractivity (Wildman–Crippen MR) is 127 cm³/mol. The van der Waals surface area contributed by atoms with Crippen molar-refractivity contribution in [2.75, 3.05) is 11.9 Å². The molecule has 0 aliphatic carbocycles. The topological polar surface area (TPSA) is 69.0 Å². The molecular formula is C25H23ClN4O2. The molecule has 0 saturated carbocycles. The molecule has 1 N–H and O–H groups in total. The number of rotatable bonds is 6. The fourth-order valence-corrected chi connectivity index (χ4v) is 3.56. The summed E-state index contributed by atoms with van der Waals surface area (Å²) in [4.78, 5) is 17.6. The van der Waals surface area contributed by atoms with Crippen molar-refractivity contribution < 1.29 is 9.53 Å².